The van der Waals surface area contributed by atoms with Crippen molar-refractivity contribution in [3.63, 3.8) is 0 Å². The molecule has 0 saturated heterocycles. The normalized spacial score (nSPS) is 32.5. The minimum absolute atomic E-state index is 0.0252. The molecule has 0 N–H and O–H groups in total. The maximum atomic E-state index is 5.99. The van der Waals surface area contributed by atoms with E-state index in [9.17, 15) is 0 Å². The molecule has 1 aliphatic carbocycles. The molecule has 0 radical (unpaired) electrons. The molecule has 0 amide bonds. The topological polar surface area (TPSA) is 0 Å². The van der Waals surface area contributed by atoms with Gasteiger partial charge in [-0.05, 0) is 0 Å². The molecule has 3 heteroatoms. The van der Waals surface area contributed by atoms with E-state index >= 15 is 0 Å². The summed E-state index contributed by atoms with van der Waals surface area (Å²) in [5, 5.41) is 0.0374. The summed E-state index contributed by atoms with van der Waals surface area (Å²) in [6.07, 6.45) is 7.89. The van der Waals surface area contributed by atoms with Crippen LogP contribution >= 0.6 is 23.2 Å². The van der Waals surface area contributed by atoms with Gasteiger partial charge >= 0.3 is 87.5 Å². The Hall–Kier alpha value is 0.683. The first-order valence-electron chi connectivity index (χ1n) is 3.49. The summed E-state index contributed by atoms with van der Waals surface area (Å²) in [4.78, 5) is 0. The van der Waals surface area contributed by atoms with Gasteiger partial charge in [0.1, 0.15) is 0 Å². The third-order valence-corrected chi connectivity index (χ3v) is 3.31. The van der Waals surface area contributed by atoms with Crippen molar-refractivity contribution in [2.45, 2.75) is 23.6 Å². The van der Waals surface area contributed by atoms with Crippen LogP contribution in [0, 0.1) is 0 Å². The molecule has 11 heavy (non-hydrogen) atoms. The van der Waals surface area contributed by atoms with Gasteiger partial charge in [0.15, 0.2) is 0 Å². The van der Waals surface area contributed by atoms with Crippen molar-refractivity contribution in [1.82, 2.24) is 0 Å². The number of hydrogen-bond acceptors (Lipinski definition) is 0. The van der Waals surface area contributed by atoms with Crippen molar-refractivity contribution >= 4 is 23.2 Å². The molecular weight excluding hydrogens is 270 g/mol. The number of alkyl halides is 2. The van der Waals surface area contributed by atoms with E-state index in [4.69, 9.17) is 23.2 Å². The number of halogens is 2. The second kappa shape index (κ2) is 4.65. The Bertz CT molecular complexity index is 187. The molecule has 64 valence electrons. The van der Waals surface area contributed by atoms with Gasteiger partial charge in [0.05, 0.1) is 0 Å². The molecule has 0 spiro atoms. The van der Waals surface area contributed by atoms with Crippen LogP contribution < -0.4 is 0 Å². The van der Waals surface area contributed by atoms with E-state index in [1.54, 1.807) is 0 Å². The van der Waals surface area contributed by atoms with E-state index in [1.165, 1.54) is 4.17 Å². The van der Waals surface area contributed by atoms with Crippen LogP contribution in [0.15, 0.2) is 22.4 Å². The van der Waals surface area contributed by atoms with Gasteiger partial charge in [0.2, 0.25) is 0 Å². The molecule has 0 aromatic carbocycles. The SMILES string of the molecule is ClC1C=CC=[C]([Rh])CCC1Cl. The summed E-state index contributed by atoms with van der Waals surface area (Å²) in [6.45, 7) is 0. The van der Waals surface area contributed by atoms with Gasteiger partial charge < -0.3 is 0 Å². The van der Waals surface area contributed by atoms with Crippen molar-refractivity contribution in [3.8, 4) is 0 Å². The van der Waals surface area contributed by atoms with E-state index in [-0.39, 0.29) is 10.8 Å². The fourth-order valence-corrected chi connectivity index (χ4v) is 1.69. The number of allylic oxidation sites excluding steroid dienone is 4. The first kappa shape index (κ1) is 9.77. The zero-order chi connectivity index (χ0) is 8.27. The molecule has 0 aliphatic heterocycles. The molecule has 0 aromatic heterocycles. The second-order valence-corrected chi connectivity index (χ2v) is 4.59. The first-order valence-corrected chi connectivity index (χ1v) is 5.18. The van der Waals surface area contributed by atoms with Crippen LogP contribution in [0.25, 0.3) is 0 Å². The average Bonchev–Trinajstić information content (AvgIpc) is 1.98. The Labute approximate surface area is 87.3 Å². The molecule has 0 saturated carbocycles. The minimum atomic E-state index is -0.0252. The molecule has 0 bridgehead atoms. The third-order valence-electron chi connectivity index (χ3n) is 1.56. The van der Waals surface area contributed by atoms with Gasteiger partial charge in [0.25, 0.3) is 0 Å². The van der Waals surface area contributed by atoms with Crippen molar-refractivity contribution in [2.24, 2.45) is 0 Å². The molecule has 0 nitrogen and oxygen atoms in total. The predicted molar refractivity (Wildman–Crippen MR) is 45.7 cm³/mol. The van der Waals surface area contributed by atoms with Crippen molar-refractivity contribution in [1.29, 1.82) is 0 Å². The van der Waals surface area contributed by atoms with Crippen LogP contribution in [-0.4, -0.2) is 10.8 Å². The van der Waals surface area contributed by atoms with Gasteiger partial charge in [0, 0.05) is 0 Å². The second-order valence-electron chi connectivity index (χ2n) is 2.47. The summed E-state index contributed by atoms with van der Waals surface area (Å²) in [5.41, 5.74) is 0. The van der Waals surface area contributed by atoms with Crippen LogP contribution in [0.5, 0.6) is 0 Å². The standard InChI is InChI=1S/C8H9Cl2.Rh/c9-7-5-3-1-2-4-6-8(7)10;/h1,3,5,7-8H,4,6H2;. The molecule has 2 atom stereocenters. The third kappa shape index (κ3) is 3.27. The summed E-state index contributed by atoms with van der Waals surface area (Å²) in [7, 11) is 0. The van der Waals surface area contributed by atoms with Crippen LogP contribution in [0.3, 0.4) is 0 Å². The zero-order valence-electron chi connectivity index (χ0n) is 5.89. The molecule has 1 rings (SSSR count). The fourth-order valence-electron chi connectivity index (χ4n) is 0.894. The molecule has 0 aromatic rings. The van der Waals surface area contributed by atoms with E-state index in [0.29, 0.717) is 0 Å². The van der Waals surface area contributed by atoms with E-state index in [0.717, 1.165) is 12.8 Å². The van der Waals surface area contributed by atoms with Crippen LogP contribution in [0.2, 0.25) is 0 Å². The van der Waals surface area contributed by atoms with Crippen molar-refractivity contribution < 1.29 is 18.3 Å². The Morgan fingerprint density at radius 1 is 1.45 bits per heavy atom. The zero-order valence-corrected chi connectivity index (χ0v) is 9.04. The summed E-state index contributed by atoms with van der Waals surface area (Å²) < 4.78 is 1.26. The van der Waals surface area contributed by atoms with Gasteiger partial charge in [-0.15, -0.1) is 0 Å². The quantitative estimate of drug-likeness (QED) is 0.472. The molecule has 0 heterocycles. The van der Waals surface area contributed by atoms with Crippen LogP contribution in [-0.2, 0) is 18.3 Å². The average molecular weight is 279 g/mol. The monoisotopic (exact) mass is 278 g/mol. The predicted octanol–water partition coefficient (Wildman–Crippen LogP) is 2.98. The van der Waals surface area contributed by atoms with E-state index in [1.807, 2.05) is 18.2 Å². The molecule has 2 unspecified atom stereocenters. The van der Waals surface area contributed by atoms with Gasteiger partial charge in [-0.3, -0.25) is 0 Å². The fraction of sp³-hybridized carbons (Fsp3) is 0.500. The maximum absolute atomic E-state index is 5.99. The van der Waals surface area contributed by atoms with Crippen LogP contribution in [0.1, 0.15) is 12.8 Å². The number of hydrogen-bond donors (Lipinski definition) is 0. The number of rotatable bonds is 0. The summed E-state index contributed by atoms with van der Waals surface area (Å²) >= 11 is 14.8. The van der Waals surface area contributed by atoms with E-state index < -0.39 is 0 Å². The molecule has 0 fully saturated rings. The first-order chi connectivity index (χ1) is 5.20. The summed E-state index contributed by atoms with van der Waals surface area (Å²) in [6, 6.07) is 0. The van der Waals surface area contributed by atoms with Gasteiger partial charge in [-0.1, -0.05) is 0 Å². The Balaban J connectivity index is 2.64. The Kier molecular flexibility index (Phi) is 4.13. The van der Waals surface area contributed by atoms with Gasteiger partial charge in [-0.2, -0.15) is 0 Å². The van der Waals surface area contributed by atoms with Crippen molar-refractivity contribution in [2.75, 3.05) is 0 Å². The Morgan fingerprint density at radius 2 is 2.18 bits per heavy atom. The van der Waals surface area contributed by atoms with E-state index in [2.05, 4.69) is 18.3 Å². The van der Waals surface area contributed by atoms with Crippen molar-refractivity contribution in [3.05, 3.63) is 22.4 Å². The molecular formula is C8H9Cl2Rh. The van der Waals surface area contributed by atoms with Crippen LogP contribution in [0.4, 0.5) is 0 Å². The molecule has 1 aliphatic rings. The summed E-state index contributed by atoms with van der Waals surface area (Å²) in [5.74, 6) is 0. The Morgan fingerprint density at radius 3 is 2.91 bits per heavy atom. The van der Waals surface area contributed by atoms with Gasteiger partial charge in [-0.25, -0.2) is 0 Å².